The summed E-state index contributed by atoms with van der Waals surface area (Å²) in [5.41, 5.74) is 6.06. The SMILES string of the molecule is Cc1ccccc1NC(=O)NN=Cc1ccc(OCc2ccc(Cl)cc2)cc1. The lowest BCUT2D eigenvalue weighted by Crippen LogP contribution is -2.24. The van der Waals surface area contributed by atoms with Crippen LogP contribution in [0.15, 0.2) is 77.9 Å². The standard InChI is InChI=1S/C22H20ClN3O2/c1-16-4-2-3-5-21(16)25-22(27)26-24-14-17-8-12-20(13-9-17)28-15-18-6-10-19(23)11-7-18/h2-14H,15H2,1H3,(H2,25,26,27). The number of carbonyl (C=O) groups excluding carboxylic acids is 1. The Kier molecular flexibility index (Phi) is 6.65. The van der Waals surface area contributed by atoms with Gasteiger partial charge < -0.3 is 10.1 Å². The van der Waals surface area contributed by atoms with Crippen molar-refractivity contribution in [3.05, 3.63) is 94.5 Å². The molecule has 2 N–H and O–H groups in total. The van der Waals surface area contributed by atoms with Crippen LogP contribution in [0.2, 0.25) is 5.02 Å². The predicted molar refractivity (Wildman–Crippen MR) is 113 cm³/mol. The minimum atomic E-state index is -0.395. The Bertz CT molecular complexity index is 954. The van der Waals surface area contributed by atoms with Crippen LogP contribution in [-0.2, 0) is 6.61 Å². The molecule has 0 fully saturated rings. The van der Waals surface area contributed by atoms with E-state index in [0.29, 0.717) is 11.6 Å². The topological polar surface area (TPSA) is 62.7 Å². The number of aryl methyl sites for hydroxylation is 1. The Labute approximate surface area is 169 Å². The summed E-state index contributed by atoms with van der Waals surface area (Å²) in [5, 5.41) is 7.41. The van der Waals surface area contributed by atoms with E-state index in [4.69, 9.17) is 16.3 Å². The normalized spacial score (nSPS) is 10.6. The maximum absolute atomic E-state index is 11.9. The molecule has 0 radical (unpaired) electrons. The molecular formula is C22H20ClN3O2. The van der Waals surface area contributed by atoms with Crippen molar-refractivity contribution in [2.75, 3.05) is 5.32 Å². The number of anilines is 1. The maximum atomic E-state index is 11.9. The zero-order valence-electron chi connectivity index (χ0n) is 15.4. The molecule has 3 aromatic carbocycles. The minimum absolute atomic E-state index is 0.395. The molecule has 5 nitrogen and oxygen atoms in total. The molecule has 28 heavy (non-hydrogen) atoms. The number of urea groups is 1. The smallest absolute Gasteiger partial charge is 0.339 e. The van der Waals surface area contributed by atoms with Crippen molar-refractivity contribution < 1.29 is 9.53 Å². The number of benzene rings is 3. The van der Waals surface area contributed by atoms with E-state index in [0.717, 1.165) is 28.1 Å². The molecule has 0 aliphatic heterocycles. The molecule has 0 atom stereocenters. The van der Waals surface area contributed by atoms with Gasteiger partial charge in [0, 0.05) is 10.7 Å². The maximum Gasteiger partial charge on any atom is 0.339 e. The van der Waals surface area contributed by atoms with Crippen molar-refractivity contribution in [3.63, 3.8) is 0 Å². The van der Waals surface area contributed by atoms with Gasteiger partial charge in [0.05, 0.1) is 6.21 Å². The van der Waals surface area contributed by atoms with Gasteiger partial charge in [0.25, 0.3) is 0 Å². The number of hydrogen-bond acceptors (Lipinski definition) is 3. The van der Waals surface area contributed by atoms with Crippen LogP contribution in [0.25, 0.3) is 0 Å². The Balaban J connectivity index is 1.47. The van der Waals surface area contributed by atoms with Crippen LogP contribution in [0.3, 0.4) is 0 Å². The molecule has 0 heterocycles. The molecule has 0 saturated carbocycles. The van der Waals surface area contributed by atoms with Crippen LogP contribution in [0.5, 0.6) is 5.75 Å². The van der Waals surface area contributed by atoms with Crippen LogP contribution in [0.1, 0.15) is 16.7 Å². The van der Waals surface area contributed by atoms with E-state index in [2.05, 4.69) is 15.8 Å². The second-order valence-electron chi connectivity index (χ2n) is 6.12. The molecule has 142 valence electrons. The average molecular weight is 394 g/mol. The number of halogens is 1. The quantitative estimate of drug-likeness (QED) is 0.436. The first-order chi connectivity index (χ1) is 13.6. The monoisotopic (exact) mass is 393 g/mol. The Morgan fingerprint density at radius 2 is 1.75 bits per heavy atom. The summed E-state index contributed by atoms with van der Waals surface area (Å²) in [7, 11) is 0. The van der Waals surface area contributed by atoms with Crippen molar-refractivity contribution in [1.29, 1.82) is 0 Å². The number of nitrogens with zero attached hydrogens (tertiary/aromatic N) is 1. The van der Waals surface area contributed by atoms with E-state index in [1.54, 1.807) is 6.21 Å². The molecule has 0 aromatic heterocycles. The highest BCUT2D eigenvalue weighted by molar-refractivity contribution is 6.30. The number of hydrogen-bond donors (Lipinski definition) is 2. The lowest BCUT2D eigenvalue weighted by molar-refractivity contribution is 0.252. The van der Waals surface area contributed by atoms with E-state index in [9.17, 15) is 4.79 Å². The highest BCUT2D eigenvalue weighted by atomic mass is 35.5. The van der Waals surface area contributed by atoms with Gasteiger partial charge in [-0.2, -0.15) is 5.10 Å². The summed E-state index contributed by atoms with van der Waals surface area (Å²) >= 11 is 5.87. The number of amides is 2. The molecule has 2 amide bonds. The fourth-order valence-corrected chi connectivity index (χ4v) is 2.55. The largest absolute Gasteiger partial charge is 0.489 e. The first kappa shape index (κ1) is 19.5. The minimum Gasteiger partial charge on any atom is -0.489 e. The number of hydrazone groups is 1. The second kappa shape index (κ2) is 9.58. The van der Waals surface area contributed by atoms with Gasteiger partial charge in [-0.1, -0.05) is 41.9 Å². The summed E-state index contributed by atoms with van der Waals surface area (Å²) < 4.78 is 5.74. The van der Waals surface area contributed by atoms with Gasteiger partial charge >= 0.3 is 6.03 Å². The highest BCUT2D eigenvalue weighted by Crippen LogP contribution is 2.15. The first-order valence-corrected chi connectivity index (χ1v) is 9.11. The fraction of sp³-hybridized carbons (Fsp3) is 0.0909. The van der Waals surface area contributed by atoms with Crippen molar-refractivity contribution >= 4 is 29.5 Å². The summed E-state index contributed by atoms with van der Waals surface area (Å²) in [6.07, 6.45) is 1.57. The van der Waals surface area contributed by atoms with E-state index < -0.39 is 6.03 Å². The Hall–Kier alpha value is -3.31. The van der Waals surface area contributed by atoms with Gasteiger partial charge in [0.2, 0.25) is 0 Å². The van der Waals surface area contributed by atoms with Gasteiger partial charge in [-0.25, -0.2) is 10.2 Å². The third kappa shape index (κ3) is 5.86. The fourth-order valence-electron chi connectivity index (χ4n) is 2.43. The Morgan fingerprint density at radius 3 is 2.46 bits per heavy atom. The molecule has 0 aliphatic rings. The molecule has 0 saturated heterocycles. The van der Waals surface area contributed by atoms with Crippen LogP contribution < -0.4 is 15.5 Å². The van der Waals surface area contributed by atoms with Gasteiger partial charge in [0.1, 0.15) is 12.4 Å². The van der Waals surface area contributed by atoms with Crippen LogP contribution in [0, 0.1) is 6.92 Å². The van der Waals surface area contributed by atoms with Gasteiger partial charge in [0.15, 0.2) is 0 Å². The third-order valence-electron chi connectivity index (χ3n) is 3.97. The van der Waals surface area contributed by atoms with Crippen LogP contribution >= 0.6 is 11.6 Å². The second-order valence-corrected chi connectivity index (χ2v) is 6.56. The summed E-state index contributed by atoms with van der Waals surface area (Å²) in [6, 6.07) is 22.1. The van der Waals surface area contributed by atoms with E-state index >= 15 is 0 Å². The number of para-hydroxylation sites is 1. The van der Waals surface area contributed by atoms with E-state index in [-0.39, 0.29) is 0 Å². The summed E-state index contributed by atoms with van der Waals surface area (Å²) in [5.74, 6) is 0.748. The molecule has 0 aliphatic carbocycles. The predicted octanol–water partition coefficient (Wildman–Crippen LogP) is 5.38. The van der Waals surface area contributed by atoms with E-state index in [1.807, 2.05) is 79.7 Å². The van der Waals surface area contributed by atoms with Crippen molar-refractivity contribution in [1.82, 2.24) is 5.43 Å². The van der Waals surface area contributed by atoms with Crippen molar-refractivity contribution in [3.8, 4) is 5.75 Å². The average Bonchev–Trinajstić information content (AvgIpc) is 2.70. The third-order valence-corrected chi connectivity index (χ3v) is 4.22. The molecule has 3 rings (SSSR count). The zero-order chi connectivity index (χ0) is 19.8. The summed E-state index contributed by atoms with van der Waals surface area (Å²) in [6.45, 7) is 2.39. The molecular weight excluding hydrogens is 374 g/mol. The number of carbonyl (C=O) groups is 1. The van der Waals surface area contributed by atoms with Gasteiger partial charge in [-0.3, -0.25) is 0 Å². The molecule has 0 spiro atoms. The van der Waals surface area contributed by atoms with Crippen molar-refractivity contribution in [2.45, 2.75) is 13.5 Å². The molecule has 3 aromatic rings. The lowest BCUT2D eigenvalue weighted by atomic mass is 10.2. The first-order valence-electron chi connectivity index (χ1n) is 8.73. The van der Waals surface area contributed by atoms with Crippen molar-refractivity contribution in [2.24, 2.45) is 5.10 Å². The number of ether oxygens (including phenoxy) is 1. The lowest BCUT2D eigenvalue weighted by Gasteiger charge is -2.07. The number of nitrogens with one attached hydrogen (secondary N) is 2. The van der Waals surface area contributed by atoms with Gasteiger partial charge in [-0.05, 0) is 66.1 Å². The zero-order valence-corrected chi connectivity index (χ0v) is 16.1. The van der Waals surface area contributed by atoms with E-state index in [1.165, 1.54) is 0 Å². The number of rotatable bonds is 6. The molecule has 0 unspecified atom stereocenters. The van der Waals surface area contributed by atoms with Crippen LogP contribution in [-0.4, -0.2) is 12.2 Å². The Morgan fingerprint density at radius 1 is 1.04 bits per heavy atom. The van der Waals surface area contributed by atoms with Crippen LogP contribution in [0.4, 0.5) is 10.5 Å². The highest BCUT2D eigenvalue weighted by Gasteiger charge is 2.02. The van der Waals surface area contributed by atoms with Gasteiger partial charge in [-0.15, -0.1) is 0 Å². The summed E-state index contributed by atoms with van der Waals surface area (Å²) in [4.78, 5) is 11.9. The molecule has 6 heteroatoms. The molecule has 0 bridgehead atoms.